The van der Waals surface area contributed by atoms with Crippen molar-refractivity contribution in [3.05, 3.63) is 51.4 Å². The summed E-state index contributed by atoms with van der Waals surface area (Å²) in [5.41, 5.74) is 6.07. The van der Waals surface area contributed by atoms with Gasteiger partial charge in [0.1, 0.15) is 11.5 Å². The molecule has 2 aromatic heterocycles. The summed E-state index contributed by atoms with van der Waals surface area (Å²) in [7, 11) is 0. The zero-order valence-electron chi connectivity index (χ0n) is 13.9. The van der Waals surface area contributed by atoms with Gasteiger partial charge in [0, 0.05) is 12.1 Å². The summed E-state index contributed by atoms with van der Waals surface area (Å²) in [6.07, 6.45) is 3.43. The van der Waals surface area contributed by atoms with Crippen molar-refractivity contribution in [2.24, 2.45) is 0 Å². The van der Waals surface area contributed by atoms with Crippen LogP contribution in [0.2, 0.25) is 4.34 Å². The highest BCUT2D eigenvalue weighted by Crippen LogP contribution is 2.38. The van der Waals surface area contributed by atoms with Crippen LogP contribution in [-0.2, 0) is 6.42 Å². The largest absolute Gasteiger partial charge is 0.370 e. The molecular weight excluding hydrogens is 338 g/mol. The monoisotopic (exact) mass is 357 g/mol. The lowest BCUT2D eigenvalue weighted by molar-refractivity contribution is 0.780. The molecule has 0 fully saturated rings. The molecule has 3 aromatic rings. The molecule has 124 valence electrons. The first-order valence-corrected chi connectivity index (χ1v) is 9.52. The number of rotatable bonds is 2. The first-order valence-electron chi connectivity index (χ1n) is 8.32. The molecule has 4 rings (SSSR count). The number of hydrogen-bond acceptors (Lipinski definition) is 3. The SMILES string of the molecule is Cc1ccc(-n2nc(-c3ccc(Cl)s3)c3c2NCCCC3)cc1C. The van der Waals surface area contributed by atoms with Gasteiger partial charge in [0.05, 0.1) is 14.9 Å². The maximum absolute atomic E-state index is 6.16. The summed E-state index contributed by atoms with van der Waals surface area (Å²) in [4.78, 5) is 1.14. The Morgan fingerprint density at radius 2 is 2.00 bits per heavy atom. The molecule has 1 aromatic carbocycles. The summed E-state index contributed by atoms with van der Waals surface area (Å²) in [5.74, 6) is 1.13. The second-order valence-electron chi connectivity index (χ2n) is 6.34. The van der Waals surface area contributed by atoms with Crippen LogP contribution in [0.5, 0.6) is 0 Å². The third-order valence-corrected chi connectivity index (χ3v) is 5.91. The Kier molecular flexibility index (Phi) is 4.10. The van der Waals surface area contributed by atoms with Gasteiger partial charge in [0.15, 0.2) is 0 Å². The number of thiophene rings is 1. The molecule has 1 N–H and O–H groups in total. The predicted octanol–water partition coefficient (Wildman–Crippen LogP) is 5.62. The molecule has 5 heteroatoms. The molecule has 0 saturated heterocycles. The Morgan fingerprint density at radius 3 is 2.75 bits per heavy atom. The van der Waals surface area contributed by atoms with E-state index in [1.807, 2.05) is 6.07 Å². The van der Waals surface area contributed by atoms with Crippen LogP contribution < -0.4 is 5.32 Å². The van der Waals surface area contributed by atoms with Gasteiger partial charge in [0.2, 0.25) is 0 Å². The molecule has 0 amide bonds. The first-order chi connectivity index (χ1) is 11.6. The lowest BCUT2D eigenvalue weighted by atomic mass is 10.1. The molecule has 24 heavy (non-hydrogen) atoms. The first kappa shape index (κ1) is 15.7. The molecule has 0 radical (unpaired) electrons. The van der Waals surface area contributed by atoms with Crippen molar-refractivity contribution in [3.8, 4) is 16.3 Å². The average molecular weight is 358 g/mol. The summed E-state index contributed by atoms with van der Waals surface area (Å²) in [5, 5.41) is 8.56. The zero-order valence-corrected chi connectivity index (χ0v) is 15.5. The lowest BCUT2D eigenvalue weighted by Crippen LogP contribution is -2.07. The maximum atomic E-state index is 6.16. The van der Waals surface area contributed by atoms with Crippen LogP contribution in [0, 0.1) is 13.8 Å². The number of aryl methyl sites for hydroxylation is 2. The highest BCUT2D eigenvalue weighted by molar-refractivity contribution is 7.19. The van der Waals surface area contributed by atoms with Crippen molar-refractivity contribution in [3.63, 3.8) is 0 Å². The molecule has 0 unspecified atom stereocenters. The quantitative estimate of drug-likeness (QED) is 0.645. The number of halogens is 1. The van der Waals surface area contributed by atoms with Gasteiger partial charge in [-0.2, -0.15) is 5.10 Å². The van der Waals surface area contributed by atoms with Gasteiger partial charge in [-0.05, 0) is 68.5 Å². The fourth-order valence-corrected chi connectivity index (χ4v) is 4.24. The van der Waals surface area contributed by atoms with Gasteiger partial charge >= 0.3 is 0 Å². The fourth-order valence-electron chi connectivity index (χ4n) is 3.19. The van der Waals surface area contributed by atoms with Gasteiger partial charge < -0.3 is 5.32 Å². The summed E-state index contributed by atoms with van der Waals surface area (Å²) >= 11 is 7.75. The third-order valence-electron chi connectivity index (χ3n) is 4.67. The van der Waals surface area contributed by atoms with Gasteiger partial charge in [-0.3, -0.25) is 0 Å². The minimum atomic E-state index is 0.807. The van der Waals surface area contributed by atoms with Crippen molar-refractivity contribution in [2.75, 3.05) is 11.9 Å². The van der Waals surface area contributed by atoms with E-state index in [2.05, 4.69) is 48.1 Å². The minimum Gasteiger partial charge on any atom is -0.370 e. The maximum Gasteiger partial charge on any atom is 0.133 e. The van der Waals surface area contributed by atoms with Crippen LogP contribution in [0.25, 0.3) is 16.3 Å². The van der Waals surface area contributed by atoms with Gasteiger partial charge in [-0.15, -0.1) is 11.3 Å². The number of nitrogens with zero attached hydrogens (tertiary/aromatic N) is 2. The van der Waals surface area contributed by atoms with E-state index in [0.717, 1.165) is 39.4 Å². The van der Waals surface area contributed by atoms with E-state index >= 15 is 0 Å². The number of fused-ring (bicyclic) bond motifs is 1. The minimum absolute atomic E-state index is 0.807. The number of nitrogens with one attached hydrogen (secondary N) is 1. The van der Waals surface area contributed by atoms with Crippen LogP contribution in [-0.4, -0.2) is 16.3 Å². The molecule has 0 aliphatic carbocycles. The van der Waals surface area contributed by atoms with Crippen molar-refractivity contribution in [1.82, 2.24) is 9.78 Å². The van der Waals surface area contributed by atoms with Crippen molar-refractivity contribution < 1.29 is 0 Å². The molecule has 0 spiro atoms. The van der Waals surface area contributed by atoms with Crippen molar-refractivity contribution in [2.45, 2.75) is 33.1 Å². The fraction of sp³-hybridized carbons (Fsp3) is 0.316. The second-order valence-corrected chi connectivity index (χ2v) is 8.06. The molecule has 0 saturated carbocycles. The van der Waals surface area contributed by atoms with Crippen LogP contribution in [0.3, 0.4) is 0 Å². The molecule has 3 nitrogen and oxygen atoms in total. The smallest absolute Gasteiger partial charge is 0.133 e. The van der Waals surface area contributed by atoms with Gasteiger partial charge in [-0.25, -0.2) is 4.68 Å². The Labute approximate surface area is 151 Å². The normalized spacial score (nSPS) is 14.1. The van der Waals surface area contributed by atoms with E-state index in [0.29, 0.717) is 0 Å². The van der Waals surface area contributed by atoms with E-state index in [1.165, 1.54) is 29.5 Å². The van der Waals surface area contributed by atoms with Gasteiger partial charge in [0.25, 0.3) is 0 Å². The van der Waals surface area contributed by atoms with E-state index in [1.54, 1.807) is 11.3 Å². The van der Waals surface area contributed by atoms with E-state index < -0.39 is 0 Å². The topological polar surface area (TPSA) is 29.9 Å². The molecule has 1 aliphatic rings. The molecule has 0 bridgehead atoms. The summed E-state index contributed by atoms with van der Waals surface area (Å²) in [6.45, 7) is 5.28. The highest BCUT2D eigenvalue weighted by atomic mass is 35.5. The molecule has 1 aliphatic heterocycles. The van der Waals surface area contributed by atoms with E-state index in [-0.39, 0.29) is 0 Å². The van der Waals surface area contributed by atoms with Crippen LogP contribution in [0.1, 0.15) is 29.5 Å². The Balaban J connectivity index is 1.90. The molecular formula is C19H20ClN3S. The number of anilines is 1. The van der Waals surface area contributed by atoms with E-state index in [9.17, 15) is 0 Å². The number of benzene rings is 1. The third kappa shape index (κ3) is 2.74. The zero-order chi connectivity index (χ0) is 16.7. The second kappa shape index (κ2) is 6.26. The molecule has 3 heterocycles. The predicted molar refractivity (Wildman–Crippen MR) is 103 cm³/mol. The standard InChI is InChI=1S/C19H20ClN3S/c1-12-6-7-14(11-13(12)2)23-19-15(5-3-4-10-21-19)18(22-23)16-8-9-17(20)24-16/h6-9,11,21H,3-5,10H2,1-2H3. The lowest BCUT2D eigenvalue weighted by Gasteiger charge is -2.10. The van der Waals surface area contributed by atoms with Crippen LogP contribution in [0.15, 0.2) is 30.3 Å². The summed E-state index contributed by atoms with van der Waals surface area (Å²) < 4.78 is 2.87. The average Bonchev–Trinajstić information content (AvgIpc) is 3.06. The Hall–Kier alpha value is -1.78. The van der Waals surface area contributed by atoms with E-state index in [4.69, 9.17) is 16.7 Å². The molecule has 0 atom stereocenters. The van der Waals surface area contributed by atoms with Crippen LogP contribution >= 0.6 is 22.9 Å². The van der Waals surface area contributed by atoms with Crippen molar-refractivity contribution >= 4 is 28.8 Å². The summed E-state index contributed by atoms with van der Waals surface area (Å²) in [6, 6.07) is 10.5. The van der Waals surface area contributed by atoms with Crippen LogP contribution in [0.4, 0.5) is 5.82 Å². The number of aromatic nitrogens is 2. The highest BCUT2D eigenvalue weighted by Gasteiger charge is 2.22. The van der Waals surface area contributed by atoms with Crippen molar-refractivity contribution in [1.29, 1.82) is 0 Å². The number of hydrogen-bond donors (Lipinski definition) is 1. The Bertz CT molecular complexity index is 894. The van der Waals surface area contributed by atoms with Gasteiger partial charge in [-0.1, -0.05) is 17.7 Å². The Morgan fingerprint density at radius 1 is 1.12 bits per heavy atom.